The van der Waals surface area contributed by atoms with Crippen molar-refractivity contribution in [2.24, 2.45) is 5.92 Å². The molecule has 0 atom stereocenters. The average Bonchev–Trinajstić information content (AvgIpc) is 2.70. The van der Waals surface area contributed by atoms with E-state index >= 15 is 0 Å². The van der Waals surface area contributed by atoms with E-state index in [-0.39, 0.29) is 12.1 Å². The highest BCUT2D eigenvalue weighted by atomic mass is 16.5. The van der Waals surface area contributed by atoms with Gasteiger partial charge in [0.05, 0.1) is 12.8 Å². The second-order valence-electron chi connectivity index (χ2n) is 6.97. The van der Waals surface area contributed by atoms with Crippen LogP contribution in [0.4, 0.5) is 0 Å². The Morgan fingerprint density at radius 1 is 1.19 bits per heavy atom. The topological polar surface area (TPSA) is 78.4 Å². The van der Waals surface area contributed by atoms with Crippen molar-refractivity contribution in [1.82, 2.24) is 9.97 Å². The van der Waals surface area contributed by atoms with Gasteiger partial charge in [0.25, 0.3) is 0 Å². The molecule has 0 N–H and O–H groups in total. The van der Waals surface area contributed by atoms with E-state index < -0.39 is 0 Å². The van der Waals surface area contributed by atoms with Crippen LogP contribution in [0.15, 0.2) is 30.6 Å². The molecule has 2 aromatic heterocycles. The number of nitrogens with zero attached hydrogens (tertiary/aromatic N) is 2. The molecule has 1 aliphatic carbocycles. The zero-order chi connectivity index (χ0) is 19.2. The Morgan fingerprint density at radius 2 is 1.96 bits per heavy atom. The Kier molecular flexibility index (Phi) is 6.16. The quantitative estimate of drug-likeness (QED) is 0.570. The molecule has 6 heteroatoms. The summed E-state index contributed by atoms with van der Waals surface area (Å²) in [5.41, 5.74) is 3.14. The zero-order valence-electron chi connectivity index (χ0n) is 15.7. The van der Waals surface area contributed by atoms with Gasteiger partial charge in [-0.1, -0.05) is 0 Å². The number of aryl methyl sites for hydroxylation is 1. The van der Waals surface area contributed by atoms with E-state index in [1.807, 2.05) is 25.1 Å². The van der Waals surface area contributed by atoms with Crippen molar-refractivity contribution in [1.29, 1.82) is 0 Å². The lowest BCUT2D eigenvalue weighted by molar-refractivity contribution is -0.142. The van der Waals surface area contributed by atoms with Crippen LogP contribution in [0.5, 0.6) is 5.88 Å². The van der Waals surface area contributed by atoms with Gasteiger partial charge >= 0.3 is 5.97 Å². The summed E-state index contributed by atoms with van der Waals surface area (Å²) in [6, 6.07) is 5.65. The normalized spacial score (nSPS) is 19.3. The molecule has 0 aromatic carbocycles. The van der Waals surface area contributed by atoms with Crippen molar-refractivity contribution in [3.05, 3.63) is 41.7 Å². The van der Waals surface area contributed by atoms with Crippen LogP contribution in [0.2, 0.25) is 0 Å². The highest BCUT2D eigenvalue weighted by Gasteiger charge is 2.24. The van der Waals surface area contributed by atoms with Crippen LogP contribution in [-0.4, -0.2) is 35.4 Å². The third-order valence-electron chi connectivity index (χ3n) is 5.07. The van der Waals surface area contributed by atoms with Crippen molar-refractivity contribution in [2.75, 3.05) is 7.11 Å². The van der Waals surface area contributed by atoms with Gasteiger partial charge in [-0.2, -0.15) is 0 Å². The van der Waals surface area contributed by atoms with Crippen LogP contribution < -0.4 is 4.74 Å². The van der Waals surface area contributed by atoms with E-state index in [1.165, 1.54) is 7.11 Å². The van der Waals surface area contributed by atoms with E-state index in [0.717, 1.165) is 48.8 Å². The molecule has 0 saturated heterocycles. The first-order valence-electron chi connectivity index (χ1n) is 9.20. The molecular formula is C21H24N2O4. The van der Waals surface area contributed by atoms with E-state index in [1.54, 1.807) is 12.4 Å². The summed E-state index contributed by atoms with van der Waals surface area (Å²) in [6.07, 6.45) is 8.50. The van der Waals surface area contributed by atoms with Crippen molar-refractivity contribution >= 4 is 12.3 Å². The Hall–Kier alpha value is -2.76. The highest BCUT2D eigenvalue weighted by Crippen LogP contribution is 2.30. The lowest BCUT2D eigenvalue weighted by Crippen LogP contribution is -2.25. The number of pyridine rings is 2. The minimum atomic E-state index is -0.137. The second kappa shape index (κ2) is 8.75. The summed E-state index contributed by atoms with van der Waals surface area (Å²) in [5, 5.41) is 0. The van der Waals surface area contributed by atoms with Crippen molar-refractivity contribution < 1.29 is 19.1 Å². The second-order valence-corrected chi connectivity index (χ2v) is 6.97. The molecule has 0 amide bonds. The van der Waals surface area contributed by atoms with Crippen molar-refractivity contribution in [3.63, 3.8) is 0 Å². The molecule has 2 aromatic rings. The van der Waals surface area contributed by atoms with Gasteiger partial charge in [0.1, 0.15) is 6.10 Å². The molecule has 0 bridgehead atoms. The van der Waals surface area contributed by atoms with Crippen LogP contribution in [0.1, 0.15) is 48.0 Å². The fraction of sp³-hybridized carbons (Fsp3) is 0.429. The Labute approximate surface area is 158 Å². The third kappa shape index (κ3) is 4.90. The monoisotopic (exact) mass is 368 g/mol. The molecule has 3 rings (SSSR count). The Balaban J connectivity index is 1.56. The van der Waals surface area contributed by atoms with Gasteiger partial charge < -0.3 is 9.47 Å². The number of hydrogen-bond acceptors (Lipinski definition) is 6. The van der Waals surface area contributed by atoms with Crippen molar-refractivity contribution in [3.8, 4) is 17.1 Å². The van der Waals surface area contributed by atoms with E-state index in [2.05, 4.69) is 9.97 Å². The van der Waals surface area contributed by atoms with Crippen LogP contribution in [0.3, 0.4) is 0 Å². The fourth-order valence-corrected chi connectivity index (χ4v) is 3.39. The Bertz CT molecular complexity index is 796. The van der Waals surface area contributed by atoms with E-state index in [9.17, 15) is 9.59 Å². The Morgan fingerprint density at radius 3 is 2.56 bits per heavy atom. The summed E-state index contributed by atoms with van der Waals surface area (Å²) in [4.78, 5) is 31.0. The van der Waals surface area contributed by atoms with Crippen LogP contribution in [0, 0.1) is 12.8 Å². The molecule has 1 saturated carbocycles. The molecule has 0 aliphatic heterocycles. The molecule has 142 valence electrons. The number of carbonyl (C=O) groups is 2. The average molecular weight is 368 g/mol. The molecule has 6 nitrogen and oxygen atoms in total. The van der Waals surface area contributed by atoms with Gasteiger partial charge in [0.15, 0.2) is 6.29 Å². The molecule has 2 heterocycles. The van der Waals surface area contributed by atoms with Crippen molar-refractivity contribution in [2.45, 2.75) is 45.1 Å². The first-order chi connectivity index (χ1) is 13.1. The number of methoxy groups -OCH3 is 1. The number of esters is 1. The number of carbonyl (C=O) groups excluding carboxylic acids is 2. The maximum Gasteiger partial charge on any atom is 0.305 e. The van der Waals surface area contributed by atoms with Crippen LogP contribution in [0.25, 0.3) is 11.3 Å². The first kappa shape index (κ1) is 19.0. The predicted octanol–water partition coefficient (Wildman–Crippen LogP) is 3.77. The summed E-state index contributed by atoms with van der Waals surface area (Å²) in [5.74, 6) is 0.842. The first-order valence-corrected chi connectivity index (χ1v) is 9.20. The zero-order valence-corrected chi connectivity index (χ0v) is 15.7. The van der Waals surface area contributed by atoms with Gasteiger partial charge in [-0.3, -0.25) is 14.6 Å². The molecule has 1 aliphatic rings. The maximum absolute atomic E-state index is 11.4. The number of aromatic nitrogens is 2. The molecule has 0 spiro atoms. The van der Waals surface area contributed by atoms with Gasteiger partial charge in [0, 0.05) is 36.0 Å². The largest absolute Gasteiger partial charge is 0.474 e. The molecule has 0 unspecified atom stereocenters. The minimum Gasteiger partial charge on any atom is -0.474 e. The lowest BCUT2D eigenvalue weighted by Gasteiger charge is -2.28. The van der Waals surface area contributed by atoms with Gasteiger partial charge in [0.2, 0.25) is 5.88 Å². The minimum absolute atomic E-state index is 0.129. The summed E-state index contributed by atoms with van der Waals surface area (Å²) < 4.78 is 10.7. The smallest absolute Gasteiger partial charge is 0.305 e. The number of rotatable bonds is 6. The van der Waals surface area contributed by atoms with E-state index in [4.69, 9.17) is 9.47 Å². The van der Waals surface area contributed by atoms with Gasteiger partial charge in [-0.25, -0.2) is 4.98 Å². The number of hydrogen-bond donors (Lipinski definition) is 0. The summed E-state index contributed by atoms with van der Waals surface area (Å²) in [7, 11) is 1.43. The van der Waals surface area contributed by atoms with E-state index in [0.29, 0.717) is 23.8 Å². The maximum atomic E-state index is 11.4. The van der Waals surface area contributed by atoms with Gasteiger partial charge in [-0.05, 0) is 56.2 Å². The fourth-order valence-electron chi connectivity index (χ4n) is 3.39. The lowest BCUT2D eigenvalue weighted by atomic mass is 9.85. The predicted molar refractivity (Wildman–Crippen MR) is 101 cm³/mol. The molecular weight excluding hydrogens is 344 g/mol. The molecule has 27 heavy (non-hydrogen) atoms. The third-order valence-corrected chi connectivity index (χ3v) is 5.07. The standard InChI is InChI=1S/C21H24N2O4/c1-14-9-19(22-12-17(14)13-24)16-5-8-20(23-11-16)27-18-6-3-15(4-7-18)10-21(25)26-2/h5,8-9,11-13,15,18H,3-4,6-7,10H2,1-2H3/t15-,18+. The van der Waals surface area contributed by atoms with Crippen LogP contribution >= 0.6 is 0 Å². The number of aldehydes is 1. The summed E-state index contributed by atoms with van der Waals surface area (Å²) >= 11 is 0. The molecule has 1 fully saturated rings. The highest BCUT2D eigenvalue weighted by molar-refractivity contribution is 5.77. The summed E-state index contributed by atoms with van der Waals surface area (Å²) in [6.45, 7) is 1.89. The molecule has 0 radical (unpaired) electrons. The van der Waals surface area contributed by atoms with Crippen LogP contribution in [-0.2, 0) is 9.53 Å². The SMILES string of the molecule is COC(=O)C[C@H]1CC[C@@H](Oc2ccc(-c3cc(C)c(C=O)cn3)cn2)CC1. The van der Waals surface area contributed by atoms with Gasteiger partial charge in [-0.15, -0.1) is 0 Å². The number of ether oxygens (including phenoxy) is 2.